The predicted octanol–water partition coefficient (Wildman–Crippen LogP) is 1.88. The Bertz CT molecular complexity index is 216. The highest BCUT2D eigenvalue weighted by atomic mass is 16.5. The van der Waals surface area contributed by atoms with Crippen LogP contribution < -0.4 is 5.32 Å². The lowest BCUT2D eigenvalue weighted by Crippen LogP contribution is -2.46. The fraction of sp³-hybridized carbons (Fsp3) is 1.00. The molecule has 3 unspecified atom stereocenters. The Balaban J connectivity index is 1.68. The molecule has 2 aliphatic heterocycles. The van der Waals surface area contributed by atoms with Gasteiger partial charge < -0.3 is 15.0 Å². The number of likely N-dealkylation sites (N-methyl/N-ethyl adjacent to an activating group) is 1. The quantitative estimate of drug-likeness (QED) is 0.794. The van der Waals surface area contributed by atoms with Crippen molar-refractivity contribution in [1.29, 1.82) is 0 Å². The molecule has 2 aliphatic rings. The van der Waals surface area contributed by atoms with Gasteiger partial charge in [-0.25, -0.2) is 0 Å². The first-order valence-corrected chi connectivity index (χ1v) is 7.31. The molecular formula is C14H28N2O. The molecule has 1 N–H and O–H groups in total. The lowest BCUT2D eigenvalue weighted by Gasteiger charge is -2.33. The summed E-state index contributed by atoms with van der Waals surface area (Å²) in [5.41, 5.74) is 0. The summed E-state index contributed by atoms with van der Waals surface area (Å²) in [6.07, 6.45) is 7.05. The fourth-order valence-corrected chi connectivity index (χ4v) is 3.19. The van der Waals surface area contributed by atoms with Gasteiger partial charge in [-0.05, 0) is 45.2 Å². The van der Waals surface area contributed by atoms with Gasteiger partial charge in [-0.1, -0.05) is 13.3 Å². The zero-order valence-corrected chi connectivity index (χ0v) is 11.5. The van der Waals surface area contributed by atoms with Crippen molar-refractivity contribution >= 4 is 0 Å². The molecule has 0 aromatic carbocycles. The zero-order valence-electron chi connectivity index (χ0n) is 11.5. The minimum absolute atomic E-state index is 0.491. The topological polar surface area (TPSA) is 24.5 Å². The van der Waals surface area contributed by atoms with Crippen molar-refractivity contribution in [2.75, 3.05) is 33.3 Å². The van der Waals surface area contributed by atoms with E-state index >= 15 is 0 Å². The molecule has 3 atom stereocenters. The molecular weight excluding hydrogens is 212 g/mol. The second kappa shape index (κ2) is 6.72. The van der Waals surface area contributed by atoms with Crippen molar-refractivity contribution in [2.45, 2.75) is 51.2 Å². The van der Waals surface area contributed by atoms with Crippen molar-refractivity contribution < 1.29 is 4.74 Å². The molecule has 0 aromatic rings. The molecule has 2 heterocycles. The van der Waals surface area contributed by atoms with E-state index in [-0.39, 0.29) is 0 Å². The molecule has 100 valence electrons. The van der Waals surface area contributed by atoms with Crippen LogP contribution in [0.2, 0.25) is 0 Å². The van der Waals surface area contributed by atoms with Gasteiger partial charge in [-0.3, -0.25) is 0 Å². The van der Waals surface area contributed by atoms with Crippen molar-refractivity contribution in [2.24, 2.45) is 5.92 Å². The van der Waals surface area contributed by atoms with Gasteiger partial charge in [-0.2, -0.15) is 0 Å². The monoisotopic (exact) mass is 240 g/mol. The van der Waals surface area contributed by atoms with Crippen molar-refractivity contribution in [3.05, 3.63) is 0 Å². The summed E-state index contributed by atoms with van der Waals surface area (Å²) >= 11 is 0. The number of hydrogen-bond acceptors (Lipinski definition) is 3. The summed E-state index contributed by atoms with van der Waals surface area (Å²) in [6.45, 7) is 6.78. The summed E-state index contributed by atoms with van der Waals surface area (Å²) in [5.74, 6) is 0.942. The van der Waals surface area contributed by atoms with E-state index in [4.69, 9.17) is 4.74 Å². The van der Waals surface area contributed by atoms with Gasteiger partial charge >= 0.3 is 0 Å². The Kier molecular flexibility index (Phi) is 5.26. The molecule has 0 saturated carbocycles. The van der Waals surface area contributed by atoms with Crippen LogP contribution in [0.3, 0.4) is 0 Å². The van der Waals surface area contributed by atoms with E-state index < -0.39 is 0 Å². The third kappa shape index (κ3) is 4.23. The Morgan fingerprint density at radius 3 is 2.88 bits per heavy atom. The van der Waals surface area contributed by atoms with Crippen LogP contribution in [0.15, 0.2) is 0 Å². The van der Waals surface area contributed by atoms with Gasteiger partial charge in [0.2, 0.25) is 0 Å². The average Bonchev–Trinajstić information content (AvgIpc) is 2.82. The van der Waals surface area contributed by atoms with Crippen LogP contribution >= 0.6 is 0 Å². The Labute approximate surface area is 106 Å². The third-order valence-electron chi connectivity index (χ3n) is 4.25. The standard InChI is InChI=1S/C14H28N2O/c1-3-12-6-7-15-13(9-12)10-16(2)11-14-5-4-8-17-14/h12-15H,3-11H2,1-2H3. The maximum Gasteiger partial charge on any atom is 0.0702 e. The number of piperidine rings is 1. The molecule has 0 radical (unpaired) electrons. The molecule has 2 saturated heterocycles. The normalized spacial score (nSPS) is 34.4. The highest BCUT2D eigenvalue weighted by Crippen LogP contribution is 2.20. The van der Waals surface area contributed by atoms with E-state index in [1.807, 2.05) is 0 Å². The number of rotatable bonds is 5. The second-order valence-electron chi connectivity index (χ2n) is 5.81. The number of nitrogens with zero attached hydrogens (tertiary/aromatic N) is 1. The maximum absolute atomic E-state index is 5.69. The summed E-state index contributed by atoms with van der Waals surface area (Å²) in [5, 5.41) is 3.66. The van der Waals surface area contributed by atoms with E-state index in [9.17, 15) is 0 Å². The van der Waals surface area contributed by atoms with Crippen LogP contribution in [-0.2, 0) is 4.74 Å². The molecule has 0 aromatic heterocycles. The average molecular weight is 240 g/mol. The Morgan fingerprint density at radius 2 is 2.18 bits per heavy atom. The third-order valence-corrected chi connectivity index (χ3v) is 4.25. The highest BCUT2D eigenvalue weighted by molar-refractivity contribution is 4.81. The molecule has 0 bridgehead atoms. The molecule has 17 heavy (non-hydrogen) atoms. The highest BCUT2D eigenvalue weighted by Gasteiger charge is 2.23. The van der Waals surface area contributed by atoms with Crippen LogP contribution in [0.5, 0.6) is 0 Å². The van der Waals surface area contributed by atoms with Crippen LogP contribution in [0.1, 0.15) is 39.0 Å². The van der Waals surface area contributed by atoms with Gasteiger partial charge in [0.15, 0.2) is 0 Å². The Hall–Kier alpha value is -0.120. The van der Waals surface area contributed by atoms with Crippen molar-refractivity contribution in [3.63, 3.8) is 0 Å². The predicted molar refractivity (Wildman–Crippen MR) is 71.3 cm³/mol. The van der Waals surface area contributed by atoms with E-state index in [0.29, 0.717) is 12.1 Å². The largest absolute Gasteiger partial charge is 0.377 e. The SMILES string of the molecule is CCC1CCNC(CN(C)CC2CCCO2)C1. The summed E-state index contributed by atoms with van der Waals surface area (Å²) in [6, 6.07) is 0.695. The second-order valence-corrected chi connectivity index (χ2v) is 5.81. The Morgan fingerprint density at radius 1 is 1.29 bits per heavy atom. The van der Waals surface area contributed by atoms with Gasteiger partial charge in [0, 0.05) is 25.7 Å². The molecule has 0 spiro atoms. The first kappa shape index (κ1) is 13.3. The fourth-order valence-electron chi connectivity index (χ4n) is 3.19. The number of ether oxygens (including phenoxy) is 1. The molecule has 0 aliphatic carbocycles. The summed E-state index contributed by atoms with van der Waals surface area (Å²) in [7, 11) is 2.24. The first-order valence-electron chi connectivity index (χ1n) is 7.31. The number of nitrogens with one attached hydrogen (secondary N) is 1. The lowest BCUT2D eigenvalue weighted by molar-refractivity contribution is 0.0760. The first-order chi connectivity index (χ1) is 8.28. The van der Waals surface area contributed by atoms with Crippen LogP contribution in [0.4, 0.5) is 0 Å². The zero-order chi connectivity index (χ0) is 12.1. The molecule has 2 fully saturated rings. The van der Waals surface area contributed by atoms with Gasteiger partial charge in [0.25, 0.3) is 0 Å². The van der Waals surface area contributed by atoms with Gasteiger partial charge in [0.05, 0.1) is 6.10 Å². The molecule has 3 heteroatoms. The minimum Gasteiger partial charge on any atom is -0.377 e. The van der Waals surface area contributed by atoms with E-state index in [1.165, 1.54) is 45.2 Å². The van der Waals surface area contributed by atoms with Gasteiger partial charge in [-0.15, -0.1) is 0 Å². The molecule has 0 amide bonds. The summed E-state index contributed by atoms with van der Waals surface area (Å²) < 4.78 is 5.69. The molecule has 3 nitrogen and oxygen atoms in total. The minimum atomic E-state index is 0.491. The van der Waals surface area contributed by atoms with E-state index in [1.54, 1.807) is 0 Å². The van der Waals surface area contributed by atoms with E-state index in [2.05, 4.69) is 24.2 Å². The van der Waals surface area contributed by atoms with Crippen LogP contribution in [-0.4, -0.2) is 50.3 Å². The van der Waals surface area contributed by atoms with Crippen LogP contribution in [0.25, 0.3) is 0 Å². The lowest BCUT2D eigenvalue weighted by atomic mass is 9.90. The number of hydrogen-bond donors (Lipinski definition) is 1. The molecule has 2 rings (SSSR count). The maximum atomic E-state index is 5.69. The van der Waals surface area contributed by atoms with Gasteiger partial charge in [0.1, 0.15) is 0 Å². The smallest absolute Gasteiger partial charge is 0.0702 e. The summed E-state index contributed by atoms with van der Waals surface area (Å²) in [4.78, 5) is 2.45. The van der Waals surface area contributed by atoms with Crippen molar-refractivity contribution in [1.82, 2.24) is 10.2 Å². The van der Waals surface area contributed by atoms with Crippen molar-refractivity contribution in [3.8, 4) is 0 Å². The van der Waals surface area contributed by atoms with E-state index in [0.717, 1.165) is 19.1 Å². The van der Waals surface area contributed by atoms with Crippen LogP contribution in [0, 0.1) is 5.92 Å².